The van der Waals surface area contributed by atoms with Crippen molar-refractivity contribution in [3.8, 4) is 28.3 Å². The summed E-state index contributed by atoms with van der Waals surface area (Å²) in [5.74, 6) is 2.94. The molecule has 5 aromatic rings. The first kappa shape index (κ1) is 30.0. The summed E-state index contributed by atoms with van der Waals surface area (Å²) in [6, 6.07) is 26.0. The highest BCUT2D eigenvalue weighted by molar-refractivity contribution is 6.09. The quantitative estimate of drug-likeness (QED) is 0.197. The number of amides is 1. The number of piperazine rings is 1. The molecule has 0 spiro atoms. The van der Waals surface area contributed by atoms with E-state index in [1.807, 2.05) is 61.5 Å². The van der Waals surface area contributed by atoms with Crippen molar-refractivity contribution in [2.24, 2.45) is 0 Å². The SMILES string of the molecule is COc1cccc(C(=O)Nc2ccc(N3CCN(Cc4cccc(-c5nc(C)no5)c4)CC3)nc2)c1-c1ccc(C(C)C)cc1. The van der Waals surface area contributed by atoms with Gasteiger partial charge in [-0.25, -0.2) is 4.98 Å². The van der Waals surface area contributed by atoms with Gasteiger partial charge in [0.2, 0.25) is 0 Å². The molecule has 3 aromatic carbocycles. The van der Waals surface area contributed by atoms with Gasteiger partial charge < -0.3 is 19.5 Å². The van der Waals surface area contributed by atoms with E-state index in [-0.39, 0.29) is 5.91 Å². The zero-order valence-corrected chi connectivity index (χ0v) is 26.2. The van der Waals surface area contributed by atoms with Gasteiger partial charge in [-0.05, 0) is 65.9 Å². The fourth-order valence-corrected chi connectivity index (χ4v) is 5.68. The van der Waals surface area contributed by atoms with E-state index in [1.165, 1.54) is 11.1 Å². The molecule has 0 saturated carbocycles. The van der Waals surface area contributed by atoms with Crippen LogP contribution in [0, 0.1) is 6.92 Å². The molecule has 1 fully saturated rings. The van der Waals surface area contributed by atoms with E-state index >= 15 is 0 Å². The topological polar surface area (TPSA) is 96.6 Å². The van der Waals surface area contributed by atoms with Crippen LogP contribution in [-0.2, 0) is 6.54 Å². The van der Waals surface area contributed by atoms with Gasteiger partial charge >= 0.3 is 0 Å². The molecular formula is C36H38N6O3. The van der Waals surface area contributed by atoms with Crippen LogP contribution in [0.25, 0.3) is 22.6 Å². The van der Waals surface area contributed by atoms with Crippen LogP contribution in [0.2, 0.25) is 0 Å². The van der Waals surface area contributed by atoms with Gasteiger partial charge in [0.1, 0.15) is 11.6 Å². The van der Waals surface area contributed by atoms with Gasteiger partial charge in [0.15, 0.2) is 5.82 Å². The summed E-state index contributed by atoms with van der Waals surface area (Å²) in [6.07, 6.45) is 1.72. The summed E-state index contributed by atoms with van der Waals surface area (Å²) in [5, 5.41) is 6.94. The third-order valence-electron chi connectivity index (χ3n) is 8.17. The number of benzene rings is 3. The highest BCUT2D eigenvalue weighted by atomic mass is 16.5. The molecule has 1 N–H and O–H groups in total. The summed E-state index contributed by atoms with van der Waals surface area (Å²) in [7, 11) is 1.63. The zero-order chi connectivity index (χ0) is 31.3. The van der Waals surface area contributed by atoms with Gasteiger partial charge in [-0.3, -0.25) is 9.69 Å². The van der Waals surface area contributed by atoms with Crippen molar-refractivity contribution >= 4 is 17.4 Å². The number of rotatable bonds is 9. The summed E-state index contributed by atoms with van der Waals surface area (Å²) in [5.41, 5.74) is 6.28. The van der Waals surface area contributed by atoms with Crippen LogP contribution in [0.5, 0.6) is 5.75 Å². The Morgan fingerprint density at radius 1 is 0.956 bits per heavy atom. The Balaban J connectivity index is 1.08. The second-order valence-corrected chi connectivity index (χ2v) is 11.6. The Bertz CT molecular complexity index is 1760. The number of methoxy groups -OCH3 is 1. The molecule has 3 heterocycles. The molecule has 0 aliphatic carbocycles. The number of aromatic nitrogens is 3. The lowest BCUT2D eigenvalue weighted by Gasteiger charge is -2.35. The summed E-state index contributed by atoms with van der Waals surface area (Å²) in [4.78, 5) is 27.3. The minimum Gasteiger partial charge on any atom is -0.496 e. The lowest BCUT2D eigenvalue weighted by molar-refractivity contribution is 0.102. The molecule has 9 nitrogen and oxygen atoms in total. The van der Waals surface area contributed by atoms with Crippen molar-refractivity contribution in [1.29, 1.82) is 0 Å². The molecule has 230 valence electrons. The minimum absolute atomic E-state index is 0.210. The molecule has 1 aliphatic rings. The number of aryl methyl sites for hydroxylation is 1. The number of carbonyl (C=O) groups excluding carboxylic acids is 1. The molecule has 0 radical (unpaired) electrons. The summed E-state index contributed by atoms with van der Waals surface area (Å²) < 4.78 is 11.0. The average Bonchev–Trinajstić information content (AvgIpc) is 3.51. The van der Waals surface area contributed by atoms with Gasteiger partial charge in [0, 0.05) is 43.9 Å². The summed E-state index contributed by atoms with van der Waals surface area (Å²) >= 11 is 0. The number of nitrogens with one attached hydrogen (secondary N) is 1. The predicted molar refractivity (Wildman–Crippen MR) is 177 cm³/mol. The van der Waals surface area contributed by atoms with Gasteiger partial charge in [-0.1, -0.05) is 61.5 Å². The maximum Gasteiger partial charge on any atom is 0.257 e. The molecule has 9 heteroatoms. The molecule has 0 atom stereocenters. The van der Waals surface area contributed by atoms with Crippen molar-refractivity contribution in [3.63, 3.8) is 0 Å². The highest BCUT2D eigenvalue weighted by Gasteiger charge is 2.20. The van der Waals surface area contributed by atoms with Crippen LogP contribution in [0.4, 0.5) is 11.5 Å². The first-order valence-electron chi connectivity index (χ1n) is 15.3. The third kappa shape index (κ3) is 6.89. The molecule has 6 rings (SSSR count). The molecule has 0 unspecified atom stereocenters. The molecule has 45 heavy (non-hydrogen) atoms. The van der Waals surface area contributed by atoms with E-state index < -0.39 is 0 Å². The van der Waals surface area contributed by atoms with Crippen LogP contribution in [0.1, 0.15) is 47.1 Å². The monoisotopic (exact) mass is 602 g/mol. The number of nitrogens with zero attached hydrogens (tertiary/aromatic N) is 5. The Kier molecular flexibility index (Phi) is 8.89. The normalized spacial score (nSPS) is 13.7. The first-order valence-corrected chi connectivity index (χ1v) is 15.3. The Morgan fingerprint density at radius 2 is 1.73 bits per heavy atom. The van der Waals surface area contributed by atoms with Crippen molar-refractivity contribution in [2.45, 2.75) is 33.2 Å². The lowest BCUT2D eigenvalue weighted by Crippen LogP contribution is -2.46. The fraction of sp³-hybridized carbons (Fsp3) is 0.278. The maximum atomic E-state index is 13.5. The van der Waals surface area contributed by atoms with Gasteiger partial charge in [-0.15, -0.1) is 0 Å². The average molecular weight is 603 g/mol. The van der Waals surface area contributed by atoms with Crippen molar-refractivity contribution in [3.05, 3.63) is 108 Å². The number of carbonyl (C=O) groups is 1. The van der Waals surface area contributed by atoms with E-state index in [1.54, 1.807) is 13.3 Å². The number of anilines is 2. The van der Waals surface area contributed by atoms with E-state index in [0.29, 0.717) is 34.6 Å². The van der Waals surface area contributed by atoms with E-state index in [0.717, 1.165) is 55.2 Å². The maximum absolute atomic E-state index is 13.5. The largest absolute Gasteiger partial charge is 0.496 e. The Labute approximate surface area is 263 Å². The van der Waals surface area contributed by atoms with Crippen molar-refractivity contribution in [1.82, 2.24) is 20.0 Å². The fourth-order valence-electron chi connectivity index (χ4n) is 5.68. The smallest absolute Gasteiger partial charge is 0.257 e. The standard InChI is InChI=1S/C36H38N6O3/c1-24(2)27-11-13-28(14-12-27)34-31(9-6-10-32(34)44-4)35(43)39-30-15-16-33(37-22-30)42-19-17-41(18-20-42)23-26-7-5-8-29(21-26)36-38-25(3)40-45-36/h5-16,21-22,24H,17-20,23H2,1-4H3,(H,39,43). The van der Waals surface area contributed by atoms with E-state index in [9.17, 15) is 4.79 Å². The van der Waals surface area contributed by atoms with E-state index in [4.69, 9.17) is 14.2 Å². The molecule has 2 aromatic heterocycles. The number of hydrogen-bond acceptors (Lipinski definition) is 8. The van der Waals surface area contributed by atoms with Crippen LogP contribution >= 0.6 is 0 Å². The third-order valence-corrected chi connectivity index (χ3v) is 8.17. The molecular weight excluding hydrogens is 564 g/mol. The van der Waals surface area contributed by atoms with Crippen molar-refractivity contribution < 1.29 is 14.1 Å². The lowest BCUT2D eigenvalue weighted by atomic mass is 9.95. The molecule has 1 aliphatic heterocycles. The second-order valence-electron chi connectivity index (χ2n) is 11.6. The van der Waals surface area contributed by atoms with Crippen LogP contribution in [-0.4, -0.2) is 59.2 Å². The van der Waals surface area contributed by atoms with Crippen LogP contribution in [0.15, 0.2) is 89.6 Å². The molecule has 0 bridgehead atoms. The molecule has 1 amide bonds. The number of ether oxygens (including phenoxy) is 1. The first-order chi connectivity index (χ1) is 21.9. The second kappa shape index (κ2) is 13.3. The van der Waals surface area contributed by atoms with Crippen LogP contribution < -0.4 is 15.0 Å². The van der Waals surface area contributed by atoms with Gasteiger partial charge in [-0.2, -0.15) is 4.98 Å². The predicted octanol–water partition coefficient (Wildman–Crippen LogP) is 6.81. The van der Waals surface area contributed by atoms with Crippen molar-refractivity contribution in [2.75, 3.05) is 43.5 Å². The van der Waals surface area contributed by atoms with E-state index in [2.05, 4.69) is 63.4 Å². The summed E-state index contributed by atoms with van der Waals surface area (Å²) in [6.45, 7) is 10.6. The highest BCUT2D eigenvalue weighted by Crippen LogP contribution is 2.35. The van der Waals surface area contributed by atoms with Gasteiger partial charge in [0.05, 0.1) is 24.6 Å². The van der Waals surface area contributed by atoms with Crippen LogP contribution in [0.3, 0.4) is 0 Å². The van der Waals surface area contributed by atoms with Gasteiger partial charge in [0.25, 0.3) is 11.8 Å². The number of hydrogen-bond donors (Lipinski definition) is 1. The number of pyridine rings is 1. The molecule has 1 saturated heterocycles. The minimum atomic E-state index is -0.210. The Hall–Kier alpha value is -5.02. The zero-order valence-electron chi connectivity index (χ0n) is 26.2. The Morgan fingerprint density at radius 3 is 2.40 bits per heavy atom.